The van der Waals surface area contributed by atoms with E-state index in [4.69, 9.17) is 0 Å². The van der Waals surface area contributed by atoms with E-state index in [0.29, 0.717) is 23.9 Å². The first-order valence-corrected chi connectivity index (χ1v) is 10.7. The van der Waals surface area contributed by atoms with Gasteiger partial charge in [0, 0.05) is 53.0 Å². The molecular weight excluding hydrogens is 404 g/mol. The van der Waals surface area contributed by atoms with Crippen molar-refractivity contribution in [3.63, 3.8) is 0 Å². The number of carbonyl (C=O) groups is 1. The van der Waals surface area contributed by atoms with Gasteiger partial charge < -0.3 is 14.4 Å². The van der Waals surface area contributed by atoms with Crippen molar-refractivity contribution in [2.24, 2.45) is 21.1 Å². The molecule has 0 N–H and O–H groups in total. The van der Waals surface area contributed by atoms with Crippen LogP contribution >= 0.6 is 11.8 Å². The summed E-state index contributed by atoms with van der Waals surface area (Å²) in [5.74, 6) is 0.276. The van der Waals surface area contributed by atoms with E-state index >= 15 is 0 Å². The molecule has 9 nitrogen and oxygen atoms in total. The molecule has 1 aliphatic heterocycles. The lowest BCUT2D eigenvalue weighted by molar-refractivity contribution is -0.128. The van der Waals surface area contributed by atoms with E-state index in [0.717, 1.165) is 17.7 Å². The number of amides is 1. The van der Waals surface area contributed by atoms with Crippen molar-refractivity contribution in [2.75, 3.05) is 36.8 Å². The smallest absolute Gasteiger partial charge is 0.332 e. The van der Waals surface area contributed by atoms with E-state index in [9.17, 15) is 14.4 Å². The molecule has 0 bridgehead atoms. The molecule has 0 aliphatic carbocycles. The zero-order valence-corrected chi connectivity index (χ0v) is 18.1. The summed E-state index contributed by atoms with van der Waals surface area (Å²) in [5.41, 5.74) is 1.02. The molecule has 4 rings (SSSR count). The standard InChI is InChI=1S/C20H24N6O3S/c1-22-17-16(18(28)24(3)20(29)23(17)2)21-19(22)30-13-15(27)26-11-9-25(10-12-26)14-7-5-4-6-8-14/h4-8H,9-13H2,1-3H3. The SMILES string of the molecule is Cn1c(=O)c2nc(SCC(=O)N3CCN(c4ccccc4)CC3)n(C)c2n(C)c1=O. The first-order valence-electron chi connectivity index (χ1n) is 9.71. The van der Waals surface area contributed by atoms with E-state index in [2.05, 4.69) is 22.0 Å². The number of thioether (sulfide) groups is 1. The Morgan fingerprint density at radius 1 is 0.967 bits per heavy atom. The average molecular weight is 429 g/mol. The molecule has 1 aromatic carbocycles. The third kappa shape index (κ3) is 3.51. The molecule has 0 unspecified atom stereocenters. The Morgan fingerprint density at radius 2 is 1.63 bits per heavy atom. The second-order valence-electron chi connectivity index (χ2n) is 7.32. The Balaban J connectivity index is 1.44. The Kier molecular flexibility index (Phi) is 5.42. The van der Waals surface area contributed by atoms with Crippen molar-refractivity contribution in [1.82, 2.24) is 23.6 Å². The zero-order valence-electron chi connectivity index (χ0n) is 17.2. The predicted octanol–water partition coefficient (Wildman–Crippen LogP) is 0.412. The highest BCUT2D eigenvalue weighted by Gasteiger charge is 2.23. The maximum absolute atomic E-state index is 12.7. The topological polar surface area (TPSA) is 85.4 Å². The molecular formula is C20H24N6O3S. The Hall–Kier alpha value is -3.01. The van der Waals surface area contributed by atoms with Crippen LogP contribution in [0.2, 0.25) is 0 Å². The van der Waals surface area contributed by atoms with Gasteiger partial charge in [-0.25, -0.2) is 9.78 Å². The minimum absolute atomic E-state index is 0.0431. The summed E-state index contributed by atoms with van der Waals surface area (Å²) in [6.07, 6.45) is 0. The first kappa shape index (κ1) is 20.3. The Morgan fingerprint density at radius 3 is 2.30 bits per heavy atom. The Bertz CT molecular complexity index is 1210. The highest BCUT2D eigenvalue weighted by molar-refractivity contribution is 7.99. The number of hydrogen-bond acceptors (Lipinski definition) is 6. The van der Waals surface area contributed by atoms with Gasteiger partial charge in [0.2, 0.25) is 5.91 Å². The molecule has 3 aromatic rings. The van der Waals surface area contributed by atoms with Crippen molar-refractivity contribution in [3.05, 3.63) is 51.2 Å². The van der Waals surface area contributed by atoms with Crippen LogP contribution in [0, 0.1) is 0 Å². The zero-order chi connectivity index (χ0) is 21.4. The van der Waals surface area contributed by atoms with Crippen LogP contribution in [0.25, 0.3) is 11.2 Å². The molecule has 0 atom stereocenters. The number of rotatable bonds is 4. The van der Waals surface area contributed by atoms with Crippen LogP contribution in [0.1, 0.15) is 0 Å². The fourth-order valence-corrected chi connectivity index (χ4v) is 4.63. The van der Waals surface area contributed by atoms with Gasteiger partial charge in [0.05, 0.1) is 5.75 Å². The molecule has 0 saturated carbocycles. The number of piperazine rings is 1. The van der Waals surface area contributed by atoms with Gasteiger partial charge in [0.1, 0.15) is 0 Å². The number of aryl methyl sites for hydroxylation is 2. The summed E-state index contributed by atoms with van der Waals surface area (Å²) in [6.45, 7) is 2.94. The number of para-hydroxylation sites is 1. The van der Waals surface area contributed by atoms with Crippen LogP contribution in [-0.4, -0.2) is 61.4 Å². The molecule has 1 aliphatic rings. The van der Waals surface area contributed by atoms with Gasteiger partial charge in [0.15, 0.2) is 16.3 Å². The molecule has 1 fully saturated rings. The second kappa shape index (κ2) is 8.02. The molecule has 10 heteroatoms. The number of anilines is 1. The molecule has 2 aromatic heterocycles. The van der Waals surface area contributed by atoms with Crippen LogP contribution in [0.5, 0.6) is 0 Å². The van der Waals surface area contributed by atoms with E-state index in [1.165, 1.54) is 29.1 Å². The van der Waals surface area contributed by atoms with Gasteiger partial charge in [-0.3, -0.25) is 18.7 Å². The lowest BCUT2D eigenvalue weighted by Gasteiger charge is -2.36. The van der Waals surface area contributed by atoms with Gasteiger partial charge in [-0.1, -0.05) is 30.0 Å². The van der Waals surface area contributed by atoms with Crippen LogP contribution in [0.4, 0.5) is 5.69 Å². The van der Waals surface area contributed by atoms with Crippen LogP contribution in [0.15, 0.2) is 45.1 Å². The van der Waals surface area contributed by atoms with Gasteiger partial charge in [-0.2, -0.15) is 0 Å². The number of aromatic nitrogens is 4. The average Bonchev–Trinajstić information content (AvgIpc) is 3.11. The summed E-state index contributed by atoms with van der Waals surface area (Å²) in [6, 6.07) is 10.2. The highest BCUT2D eigenvalue weighted by atomic mass is 32.2. The molecule has 158 valence electrons. The van der Waals surface area contributed by atoms with E-state index in [-0.39, 0.29) is 17.2 Å². The fourth-order valence-electron chi connectivity index (χ4n) is 3.76. The van der Waals surface area contributed by atoms with Crippen molar-refractivity contribution >= 4 is 34.5 Å². The van der Waals surface area contributed by atoms with Crippen molar-refractivity contribution in [2.45, 2.75) is 5.16 Å². The van der Waals surface area contributed by atoms with Crippen LogP contribution in [-0.2, 0) is 25.9 Å². The maximum atomic E-state index is 12.7. The number of benzene rings is 1. The van der Waals surface area contributed by atoms with Crippen molar-refractivity contribution in [3.8, 4) is 0 Å². The highest BCUT2D eigenvalue weighted by Crippen LogP contribution is 2.21. The number of hydrogen-bond donors (Lipinski definition) is 0. The van der Waals surface area contributed by atoms with Crippen LogP contribution < -0.4 is 16.1 Å². The summed E-state index contributed by atoms with van der Waals surface area (Å²) in [4.78, 5) is 45.8. The van der Waals surface area contributed by atoms with Crippen LogP contribution in [0.3, 0.4) is 0 Å². The summed E-state index contributed by atoms with van der Waals surface area (Å²) >= 11 is 1.28. The third-order valence-corrected chi connectivity index (χ3v) is 6.52. The summed E-state index contributed by atoms with van der Waals surface area (Å²) < 4.78 is 4.14. The molecule has 3 heterocycles. The minimum Gasteiger partial charge on any atom is -0.368 e. The minimum atomic E-state index is -0.432. The Labute approximate surface area is 177 Å². The molecule has 0 spiro atoms. The summed E-state index contributed by atoms with van der Waals surface area (Å²) in [7, 11) is 4.79. The van der Waals surface area contributed by atoms with Crippen molar-refractivity contribution in [1.29, 1.82) is 0 Å². The second-order valence-corrected chi connectivity index (χ2v) is 8.27. The van der Waals surface area contributed by atoms with E-state index in [1.807, 2.05) is 23.1 Å². The third-order valence-electron chi connectivity index (χ3n) is 5.50. The van der Waals surface area contributed by atoms with Gasteiger partial charge in [0.25, 0.3) is 5.56 Å². The van der Waals surface area contributed by atoms with Gasteiger partial charge in [-0.05, 0) is 12.1 Å². The predicted molar refractivity (Wildman–Crippen MR) is 117 cm³/mol. The van der Waals surface area contributed by atoms with Gasteiger partial charge in [-0.15, -0.1) is 0 Å². The van der Waals surface area contributed by atoms with E-state index < -0.39 is 11.2 Å². The molecule has 30 heavy (non-hydrogen) atoms. The fraction of sp³-hybridized carbons (Fsp3) is 0.400. The van der Waals surface area contributed by atoms with E-state index in [1.54, 1.807) is 18.7 Å². The lowest BCUT2D eigenvalue weighted by Crippen LogP contribution is -2.49. The largest absolute Gasteiger partial charge is 0.368 e. The quantitative estimate of drug-likeness (QED) is 0.560. The van der Waals surface area contributed by atoms with Gasteiger partial charge >= 0.3 is 5.69 Å². The lowest BCUT2D eigenvalue weighted by atomic mass is 10.2. The summed E-state index contributed by atoms with van der Waals surface area (Å²) in [5, 5.41) is 0.541. The monoisotopic (exact) mass is 428 g/mol. The molecule has 0 radical (unpaired) electrons. The van der Waals surface area contributed by atoms with Crippen molar-refractivity contribution < 1.29 is 4.79 Å². The molecule has 1 amide bonds. The number of imidazole rings is 1. The first-order chi connectivity index (χ1) is 14.4. The number of nitrogens with zero attached hydrogens (tertiary/aromatic N) is 6. The normalized spacial score (nSPS) is 14.5. The molecule has 1 saturated heterocycles. The number of carbonyl (C=O) groups excluding carboxylic acids is 1. The number of fused-ring (bicyclic) bond motifs is 1. The maximum Gasteiger partial charge on any atom is 0.332 e.